The van der Waals surface area contributed by atoms with Gasteiger partial charge in [-0.15, -0.1) is 0 Å². The van der Waals surface area contributed by atoms with Crippen molar-refractivity contribution < 1.29 is 28.7 Å². The number of amides is 3. The van der Waals surface area contributed by atoms with Crippen LogP contribution in [-0.2, 0) is 21.4 Å². The predicted molar refractivity (Wildman–Crippen MR) is 220 cm³/mol. The summed E-state index contributed by atoms with van der Waals surface area (Å²) < 4.78 is 14.0. The van der Waals surface area contributed by atoms with E-state index < -0.39 is 17.9 Å². The normalized spacial score (nSPS) is 15.8. The van der Waals surface area contributed by atoms with Crippen LogP contribution in [0.1, 0.15) is 84.9 Å². The molecule has 1 N–H and O–H groups in total. The van der Waals surface area contributed by atoms with Crippen molar-refractivity contribution in [1.29, 1.82) is 0 Å². The molecule has 1 atom stereocenters. The number of likely N-dealkylation sites (N-methyl/N-ethyl adjacent to an activating group) is 1. The Bertz CT molecular complexity index is 2210. The summed E-state index contributed by atoms with van der Waals surface area (Å²) in [7, 11) is 3.63. The lowest BCUT2D eigenvalue weighted by Gasteiger charge is -2.41. The lowest BCUT2D eigenvalue weighted by atomic mass is 9.92. The Morgan fingerprint density at radius 1 is 0.877 bits per heavy atom. The Kier molecular flexibility index (Phi) is 12.9. The number of ether oxygens (including phenoxy) is 2. The molecule has 1 unspecified atom stereocenters. The monoisotopic (exact) mass is 772 g/mol. The van der Waals surface area contributed by atoms with Crippen molar-refractivity contribution in [3.05, 3.63) is 84.3 Å². The van der Waals surface area contributed by atoms with Crippen LogP contribution in [0.2, 0.25) is 0 Å². The number of imide groups is 1. The van der Waals surface area contributed by atoms with Gasteiger partial charge in [0.2, 0.25) is 17.7 Å². The highest BCUT2D eigenvalue weighted by Crippen LogP contribution is 2.32. The predicted octanol–water partition coefficient (Wildman–Crippen LogP) is 7.13. The fourth-order valence-corrected chi connectivity index (χ4v) is 8.00. The van der Waals surface area contributed by atoms with Gasteiger partial charge in [-0.3, -0.25) is 29.5 Å². The SMILES string of the molecule is CN(C(=O)c1cc(N2CC(CCCCCCOCCCCCOc3ccc(-c4ccc5c6cnccc6n(C)c5c4)cn3)C2)ccc1C=O)C1CCC(=O)NC1=O. The lowest BCUT2D eigenvalue weighted by molar-refractivity contribution is -0.136. The van der Waals surface area contributed by atoms with Crippen LogP contribution in [0, 0.1) is 5.92 Å². The zero-order chi connectivity index (χ0) is 39.7. The summed E-state index contributed by atoms with van der Waals surface area (Å²) in [5, 5.41) is 4.65. The van der Waals surface area contributed by atoms with Gasteiger partial charge in [-0.2, -0.15) is 0 Å². The molecule has 12 heteroatoms. The molecule has 5 aromatic rings. The number of pyridine rings is 2. The van der Waals surface area contributed by atoms with Crippen molar-refractivity contribution in [2.75, 3.05) is 44.9 Å². The summed E-state index contributed by atoms with van der Waals surface area (Å²) in [6, 6.07) is 17.1. The molecule has 2 saturated heterocycles. The average Bonchev–Trinajstić information content (AvgIpc) is 3.50. The highest BCUT2D eigenvalue weighted by Gasteiger charge is 2.34. The van der Waals surface area contributed by atoms with Gasteiger partial charge < -0.3 is 23.8 Å². The second-order valence-electron chi connectivity index (χ2n) is 15.3. The molecule has 0 spiro atoms. The van der Waals surface area contributed by atoms with Gasteiger partial charge in [0, 0.05) is 105 Å². The number of aryl methyl sites for hydroxylation is 1. The number of unbranched alkanes of at least 4 members (excludes halogenated alkanes) is 5. The molecule has 2 aliphatic heterocycles. The molecule has 5 heterocycles. The molecule has 7 rings (SSSR count). The van der Waals surface area contributed by atoms with E-state index in [0.717, 1.165) is 87.0 Å². The van der Waals surface area contributed by atoms with E-state index in [1.165, 1.54) is 34.2 Å². The average molecular weight is 773 g/mol. The van der Waals surface area contributed by atoms with Crippen LogP contribution in [0.15, 0.2) is 73.2 Å². The minimum Gasteiger partial charge on any atom is -0.478 e. The zero-order valence-corrected chi connectivity index (χ0v) is 33.0. The first-order valence-electron chi connectivity index (χ1n) is 20.2. The molecule has 0 aliphatic carbocycles. The van der Waals surface area contributed by atoms with Gasteiger partial charge in [-0.05, 0) is 86.4 Å². The maximum Gasteiger partial charge on any atom is 0.255 e. The minimum absolute atomic E-state index is 0.178. The third-order valence-corrected chi connectivity index (χ3v) is 11.4. The van der Waals surface area contributed by atoms with Gasteiger partial charge in [0.15, 0.2) is 6.29 Å². The molecule has 0 radical (unpaired) electrons. The van der Waals surface area contributed by atoms with Crippen LogP contribution < -0.4 is 15.0 Å². The van der Waals surface area contributed by atoms with Crippen LogP contribution >= 0.6 is 0 Å². The number of aldehydes is 1. The summed E-state index contributed by atoms with van der Waals surface area (Å²) in [5.41, 5.74) is 5.98. The number of nitrogens with one attached hydrogen (secondary N) is 1. The van der Waals surface area contributed by atoms with Crippen LogP contribution in [0.3, 0.4) is 0 Å². The Morgan fingerprint density at radius 2 is 1.65 bits per heavy atom. The number of benzene rings is 2. The standard InChI is InChI=1S/C45H52N6O6/c1-49-39-19-20-46-27-38(39)36-15-12-32(24-41(36)49)33-13-18-43(47-26-33)57-23-9-5-8-22-56-21-7-4-3-6-10-31-28-51(29-31)35-14-11-34(30-52)37(25-35)45(55)50(2)40-16-17-42(53)48-44(40)54/h11-15,18-20,24-27,30-31,40H,3-10,16-17,21-23,28-29H2,1-2H3,(H,48,53,54). The summed E-state index contributed by atoms with van der Waals surface area (Å²) >= 11 is 0. The largest absolute Gasteiger partial charge is 0.478 e. The van der Waals surface area contributed by atoms with Crippen molar-refractivity contribution >= 4 is 51.5 Å². The number of carbonyl (C=O) groups excluding carboxylic acids is 4. The Labute approximate surface area is 333 Å². The van der Waals surface area contributed by atoms with Gasteiger partial charge in [-0.25, -0.2) is 4.98 Å². The highest BCUT2D eigenvalue weighted by atomic mass is 16.5. The van der Waals surface area contributed by atoms with E-state index in [0.29, 0.717) is 24.7 Å². The number of hydrogen-bond acceptors (Lipinski definition) is 9. The van der Waals surface area contributed by atoms with E-state index in [1.54, 1.807) is 19.2 Å². The number of aromatic nitrogens is 3. The molecule has 3 amide bonds. The smallest absolute Gasteiger partial charge is 0.255 e. The number of anilines is 1. The summed E-state index contributed by atoms with van der Waals surface area (Å²) in [4.78, 5) is 61.4. The third kappa shape index (κ3) is 9.34. The molecule has 2 aliphatic rings. The van der Waals surface area contributed by atoms with Crippen LogP contribution in [0.25, 0.3) is 32.9 Å². The maximum absolute atomic E-state index is 13.3. The Balaban J connectivity index is 0.715. The van der Waals surface area contributed by atoms with Gasteiger partial charge in [0.05, 0.1) is 17.7 Å². The molecular weight excluding hydrogens is 721 g/mol. The van der Waals surface area contributed by atoms with Crippen molar-refractivity contribution in [1.82, 2.24) is 24.8 Å². The van der Waals surface area contributed by atoms with Gasteiger partial charge >= 0.3 is 0 Å². The first-order valence-corrected chi connectivity index (χ1v) is 20.2. The first kappa shape index (κ1) is 39.6. The number of rotatable bonds is 19. The first-order chi connectivity index (χ1) is 27.8. The molecule has 298 valence electrons. The lowest BCUT2D eigenvalue weighted by Crippen LogP contribution is -2.53. The Morgan fingerprint density at radius 3 is 2.42 bits per heavy atom. The van der Waals surface area contributed by atoms with Crippen molar-refractivity contribution in [3.8, 4) is 17.0 Å². The molecule has 0 bridgehead atoms. The van der Waals surface area contributed by atoms with E-state index >= 15 is 0 Å². The van der Waals surface area contributed by atoms with E-state index in [4.69, 9.17) is 9.47 Å². The molecule has 0 saturated carbocycles. The number of carbonyl (C=O) groups is 4. The highest BCUT2D eigenvalue weighted by molar-refractivity contribution is 6.09. The fraction of sp³-hybridized carbons (Fsp3) is 0.422. The molecule has 12 nitrogen and oxygen atoms in total. The second-order valence-corrected chi connectivity index (χ2v) is 15.3. The topological polar surface area (TPSA) is 136 Å². The van der Waals surface area contributed by atoms with Crippen LogP contribution in [0.4, 0.5) is 5.69 Å². The fourth-order valence-electron chi connectivity index (χ4n) is 8.00. The van der Waals surface area contributed by atoms with Crippen molar-refractivity contribution in [2.24, 2.45) is 13.0 Å². The molecule has 2 aromatic carbocycles. The second kappa shape index (κ2) is 18.5. The quantitative estimate of drug-likeness (QED) is 0.0528. The van der Waals surface area contributed by atoms with Crippen molar-refractivity contribution in [3.63, 3.8) is 0 Å². The summed E-state index contributed by atoms with van der Waals surface area (Å²) in [5.74, 6) is 0.0255. The van der Waals surface area contributed by atoms with Gasteiger partial charge in [0.25, 0.3) is 5.91 Å². The number of piperidine rings is 1. The molecule has 57 heavy (non-hydrogen) atoms. The third-order valence-electron chi connectivity index (χ3n) is 11.4. The van der Waals surface area contributed by atoms with E-state index in [2.05, 4.69) is 56.1 Å². The van der Waals surface area contributed by atoms with Gasteiger partial charge in [0.1, 0.15) is 6.04 Å². The number of fused-ring (bicyclic) bond motifs is 3. The Hall–Kier alpha value is -5.62. The van der Waals surface area contributed by atoms with E-state index in [9.17, 15) is 19.2 Å². The number of nitrogens with zero attached hydrogens (tertiary/aromatic N) is 5. The minimum atomic E-state index is -0.743. The molecule has 2 fully saturated rings. The maximum atomic E-state index is 13.3. The van der Waals surface area contributed by atoms with Crippen LogP contribution in [0.5, 0.6) is 5.88 Å². The van der Waals surface area contributed by atoms with E-state index in [-0.39, 0.29) is 29.9 Å². The van der Waals surface area contributed by atoms with E-state index in [1.807, 2.05) is 36.8 Å². The summed E-state index contributed by atoms with van der Waals surface area (Å²) in [6.07, 6.45) is 15.5. The van der Waals surface area contributed by atoms with Crippen LogP contribution in [-0.4, -0.2) is 89.4 Å². The van der Waals surface area contributed by atoms with Crippen molar-refractivity contribution in [2.45, 2.75) is 70.3 Å². The summed E-state index contributed by atoms with van der Waals surface area (Å²) in [6.45, 7) is 4.04. The van der Waals surface area contributed by atoms with Gasteiger partial charge in [-0.1, -0.05) is 31.4 Å². The molecular formula is C45H52N6O6. The molecule has 3 aromatic heterocycles. The zero-order valence-electron chi connectivity index (χ0n) is 33.0. The number of hydrogen-bond donors (Lipinski definition) is 1.